The number of thiophene rings is 1. The van der Waals surface area contributed by atoms with Crippen molar-refractivity contribution in [3.05, 3.63) is 75.7 Å². The van der Waals surface area contributed by atoms with Crippen LogP contribution in [0.4, 0.5) is 8.78 Å². The summed E-state index contributed by atoms with van der Waals surface area (Å²) in [6, 6.07) is 9.75. The molecule has 0 saturated carbocycles. The number of nitrogens with one attached hydrogen (secondary N) is 3. The fourth-order valence-electron chi connectivity index (χ4n) is 6.92. The summed E-state index contributed by atoms with van der Waals surface area (Å²) in [4.78, 5) is 78.9. The summed E-state index contributed by atoms with van der Waals surface area (Å²) in [7, 11) is -5.80. The smallest absolute Gasteiger partial charge is 0.370 e. The second-order valence-corrected chi connectivity index (χ2v) is 18.7. The Morgan fingerprint density at radius 1 is 1.05 bits per heavy atom. The number of carbonyl (C=O) groups is 4. The molecule has 4 atom stereocenters. The van der Waals surface area contributed by atoms with E-state index in [1.165, 1.54) is 33.9 Å². The number of benzene rings is 2. The molecular weight excluding hydrogens is 774 g/mol. The Hall–Kier alpha value is -4.12. The summed E-state index contributed by atoms with van der Waals surface area (Å²) in [5.41, 5.74) is 2.33. The van der Waals surface area contributed by atoms with Gasteiger partial charge in [0.2, 0.25) is 17.7 Å². The molecule has 2 aromatic heterocycles. The van der Waals surface area contributed by atoms with Gasteiger partial charge in [0.15, 0.2) is 0 Å². The van der Waals surface area contributed by atoms with Crippen LogP contribution in [-0.2, 0) is 30.0 Å². The van der Waals surface area contributed by atoms with E-state index in [2.05, 4.69) is 53.8 Å². The maximum absolute atomic E-state index is 14.4. The van der Waals surface area contributed by atoms with Gasteiger partial charge in [-0.15, -0.1) is 22.7 Å². The van der Waals surface area contributed by atoms with Crippen LogP contribution in [0.1, 0.15) is 84.7 Å². The predicted octanol–water partition coefficient (Wildman–Crippen LogP) is 5.12. The molecule has 2 saturated heterocycles. The lowest BCUT2D eigenvalue weighted by atomic mass is 9.87. The number of alkyl halides is 2. The molecule has 4 amide bonds. The van der Waals surface area contributed by atoms with Crippen LogP contribution < -0.4 is 21.7 Å². The van der Waals surface area contributed by atoms with Crippen molar-refractivity contribution in [2.75, 3.05) is 13.1 Å². The van der Waals surface area contributed by atoms with Crippen molar-refractivity contribution in [3.63, 3.8) is 0 Å². The summed E-state index contributed by atoms with van der Waals surface area (Å²) in [6.07, 6.45) is 3.46. The molecule has 0 bridgehead atoms. The molecule has 294 valence electrons. The zero-order chi connectivity index (χ0) is 39.9. The number of aromatic nitrogens is 1. The Bertz CT molecular complexity index is 2150. The molecule has 18 heteroatoms. The van der Waals surface area contributed by atoms with Gasteiger partial charge in [-0.05, 0) is 72.4 Å². The molecule has 7 N–H and O–H groups in total. The Labute approximate surface area is 324 Å². The average Bonchev–Trinajstić information content (AvgIpc) is 3.88. The van der Waals surface area contributed by atoms with Gasteiger partial charge in [0, 0.05) is 35.5 Å². The number of hydrogen-bond acceptors (Lipinski definition) is 9. The Kier molecular flexibility index (Phi) is 11.6. The molecule has 55 heavy (non-hydrogen) atoms. The number of amides is 4. The van der Waals surface area contributed by atoms with Crippen LogP contribution in [-0.4, -0.2) is 74.5 Å². The summed E-state index contributed by atoms with van der Waals surface area (Å²) >= 11 is 2.37. The first kappa shape index (κ1) is 40.5. The number of hydrogen-bond donors (Lipinski definition) is 6. The maximum Gasteiger partial charge on any atom is 0.399 e. The number of halogens is 2. The van der Waals surface area contributed by atoms with Gasteiger partial charge in [-0.2, -0.15) is 8.78 Å². The van der Waals surface area contributed by atoms with Gasteiger partial charge in [-0.1, -0.05) is 51.1 Å². The normalized spacial score (nSPS) is 20.1. The number of nitrogens with two attached hydrogens (primary N) is 1. The minimum Gasteiger partial charge on any atom is -0.370 e. The van der Waals surface area contributed by atoms with Crippen molar-refractivity contribution in [2.24, 2.45) is 5.73 Å². The minimum absolute atomic E-state index is 0.000987. The van der Waals surface area contributed by atoms with Crippen LogP contribution in [0.5, 0.6) is 0 Å². The molecule has 6 rings (SSSR count). The third-order valence-corrected chi connectivity index (χ3v) is 13.2. The van der Waals surface area contributed by atoms with E-state index in [1.54, 1.807) is 6.20 Å². The molecule has 2 fully saturated rings. The fraction of sp³-hybridized carbons (Fsp3) is 0.432. The molecule has 2 aromatic carbocycles. The summed E-state index contributed by atoms with van der Waals surface area (Å²) in [6.45, 7) is 7.01. The zero-order valence-corrected chi connectivity index (χ0v) is 32.9. The van der Waals surface area contributed by atoms with Crippen LogP contribution >= 0.6 is 30.3 Å². The Balaban J connectivity index is 1.18. The van der Waals surface area contributed by atoms with E-state index >= 15 is 0 Å². The quantitative estimate of drug-likeness (QED) is 0.111. The lowest BCUT2D eigenvalue weighted by Crippen LogP contribution is -2.60. The second-order valence-electron chi connectivity index (χ2n) is 14.9. The molecule has 0 unspecified atom stereocenters. The lowest BCUT2D eigenvalue weighted by Gasteiger charge is -2.35. The largest absolute Gasteiger partial charge is 0.399 e. The summed E-state index contributed by atoms with van der Waals surface area (Å²) < 4.78 is 40.6. The Morgan fingerprint density at radius 3 is 2.44 bits per heavy atom. The first-order valence-corrected chi connectivity index (χ1v) is 21.0. The highest BCUT2D eigenvalue weighted by atomic mass is 32.1. The van der Waals surface area contributed by atoms with E-state index in [-0.39, 0.29) is 41.1 Å². The van der Waals surface area contributed by atoms with E-state index in [9.17, 15) is 32.5 Å². The highest BCUT2D eigenvalue weighted by Crippen LogP contribution is 2.59. The van der Waals surface area contributed by atoms with Crippen molar-refractivity contribution in [1.82, 2.24) is 25.8 Å². The number of fused-ring (bicyclic) bond motifs is 2. The summed E-state index contributed by atoms with van der Waals surface area (Å²) in [5.74, 6) is -2.06. The van der Waals surface area contributed by atoms with Gasteiger partial charge in [-0.3, -0.25) is 23.7 Å². The fourth-order valence-corrected chi connectivity index (χ4v) is 9.35. The van der Waals surface area contributed by atoms with E-state index in [0.29, 0.717) is 35.5 Å². The van der Waals surface area contributed by atoms with E-state index < -0.39 is 60.6 Å². The number of thiazole rings is 1. The predicted molar refractivity (Wildman–Crippen MR) is 206 cm³/mol. The number of primary amides is 1. The van der Waals surface area contributed by atoms with Crippen LogP contribution in [0.15, 0.2) is 54.7 Å². The molecule has 2 aliphatic heterocycles. The Morgan fingerprint density at radius 2 is 1.76 bits per heavy atom. The molecule has 0 radical (unpaired) electrons. The highest BCUT2D eigenvalue weighted by Gasteiger charge is 2.50. The topological polar surface area (TPSA) is 204 Å². The van der Waals surface area contributed by atoms with Crippen molar-refractivity contribution in [2.45, 2.75) is 88.1 Å². The molecule has 4 aromatic rings. The van der Waals surface area contributed by atoms with Gasteiger partial charge in [-0.25, -0.2) is 4.98 Å². The third-order valence-electron chi connectivity index (χ3n) is 9.97. The average molecular weight is 817 g/mol. The van der Waals surface area contributed by atoms with Crippen LogP contribution in [0.2, 0.25) is 0 Å². The molecular formula is C37H43F2N6O7PS2. The maximum atomic E-state index is 14.4. The first-order chi connectivity index (χ1) is 25.8. The van der Waals surface area contributed by atoms with Crippen molar-refractivity contribution >= 4 is 64.0 Å². The van der Waals surface area contributed by atoms with E-state index in [0.717, 1.165) is 33.9 Å². The highest BCUT2D eigenvalue weighted by molar-refractivity contribution is 7.52. The van der Waals surface area contributed by atoms with Gasteiger partial charge in [0.1, 0.15) is 17.1 Å². The molecule has 0 spiro atoms. The van der Waals surface area contributed by atoms with Gasteiger partial charge in [0.25, 0.3) is 5.91 Å². The second kappa shape index (κ2) is 15.8. The van der Waals surface area contributed by atoms with Crippen LogP contribution in [0.3, 0.4) is 0 Å². The number of rotatable bonds is 11. The standard InChI is InChI=1S/C37H43F2N6O7PS2/c1-36(2,3)22-6-4-20(5-7-22)30-19-42-34(55-30)25(10-13-31(40)46)43-32(47)27-11-9-24-14-15-41-18-26(35(49)45(24)27)44-33(48)29-17-21-16-23(8-12-28(21)54-29)37(38,39)53(50,51)52/h4-8,12,16-17,19,24-27,41H,9-11,13-15,18H2,1-3H3,(H2,40,46)(H,43,47)(H,44,48)(H2,50,51,52)/t24-,25+,26+,27+/m1/s1. The van der Waals surface area contributed by atoms with Gasteiger partial charge >= 0.3 is 13.3 Å². The van der Waals surface area contributed by atoms with Crippen LogP contribution in [0.25, 0.3) is 20.5 Å². The van der Waals surface area contributed by atoms with E-state index in [4.69, 9.17) is 15.5 Å². The van der Waals surface area contributed by atoms with Gasteiger partial charge in [0.05, 0.1) is 15.8 Å². The zero-order valence-electron chi connectivity index (χ0n) is 30.4. The minimum atomic E-state index is -5.80. The lowest BCUT2D eigenvalue weighted by molar-refractivity contribution is -0.142. The molecule has 13 nitrogen and oxygen atoms in total. The monoisotopic (exact) mass is 816 g/mol. The number of nitrogens with zero attached hydrogens (tertiary/aromatic N) is 2. The van der Waals surface area contributed by atoms with Gasteiger partial charge < -0.3 is 36.4 Å². The molecule has 2 aliphatic rings. The SMILES string of the molecule is CC(C)(C)c1ccc(-c2cnc([C@H](CCC(N)=O)NC(=O)[C@@H]3CC[C@@H]4CCNC[C@H](NC(=O)c5cc6cc(C(F)(F)P(=O)(O)O)ccc6s5)C(=O)N43)s2)cc1. The molecule has 4 heterocycles. The van der Waals surface area contributed by atoms with Crippen molar-refractivity contribution in [3.8, 4) is 10.4 Å². The van der Waals surface area contributed by atoms with Crippen molar-refractivity contribution < 1.29 is 42.3 Å². The van der Waals surface area contributed by atoms with Crippen LogP contribution in [0, 0.1) is 0 Å². The first-order valence-electron chi connectivity index (χ1n) is 17.8. The van der Waals surface area contributed by atoms with E-state index in [1.807, 2.05) is 12.1 Å². The third kappa shape index (κ3) is 8.82. The summed E-state index contributed by atoms with van der Waals surface area (Å²) in [5, 5.41) is 9.73. The number of carbonyl (C=O) groups excluding carboxylic acids is 4. The van der Waals surface area contributed by atoms with Crippen molar-refractivity contribution in [1.29, 1.82) is 0 Å². The molecule has 0 aliphatic carbocycles.